The van der Waals surface area contributed by atoms with Gasteiger partial charge in [-0.05, 0) is 26.3 Å². The number of nitrogens with two attached hydrogens (primary N) is 1. The SMILES string of the molecule is CCOC(=O)c1n[nH]c(CCCCN)n1. The maximum absolute atomic E-state index is 11.2. The number of aromatic amines is 1. The maximum atomic E-state index is 11.2. The van der Waals surface area contributed by atoms with Gasteiger partial charge in [-0.15, -0.1) is 5.10 Å². The van der Waals surface area contributed by atoms with Crippen molar-refractivity contribution in [3.05, 3.63) is 11.6 Å². The molecular formula is C9H16N4O2. The summed E-state index contributed by atoms with van der Waals surface area (Å²) in [7, 11) is 0. The molecule has 0 saturated heterocycles. The van der Waals surface area contributed by atoms with Crippen molar-refractivity contribution >= 4 is 5.97 Å². The fourth-order valence-corrected chi connectivity index (χ4v) is 1.13. The number of hydrogen-bond acceptors (Lipinski definition) is 5. The smallest absolute Gasteiger partial charge is 0.378 e. The van der Waals surface area contributed by atoms with Gasteiger partial charge in [-0.3, -0.25) is 5.10 Å². The molecule has 0 radical (unpaired) electrons. The highest BCUT2D eigenvalue weighted by molar-refractivity contribution is 5.84. The Labute approximate surface area is 88.2 Å². The molecule has 0 amide bonds. The van der Waals surface area contributed by atoms with Crippen LogP contribution < -0.4 is 5.73 Å². The predicted octanol–water partition coefficient (Wildman–Crippen LogP) is 0.263. The van der Waals surface area contributed by atoms with Gasteiger partial charge in [0.05, 0.1) is 6.61 Å². The monoisotopic (exact) mass is 212 g/mol. The second-order valence-electron chi connectivity index (χ2n) is 3.07. The van der Waals surface area contributed by atoms with Crippen molar-refractivity contribution < 1.29 is 9.53 Å². The van der Waals surface area contributed by atoms with E-state index in [-0.39, 0.29) is 5.82 Å². The highest BCUT2D eigenvalue weighted by atomic mass is 16.5. The molecule has 6 nitrogen and oxygen atoms in total. The lowest BCUT2D eigenvalue weighted by atomic mass is 10.2. The molecule has 0 atom stereocenters. The molecule has 0 aromatic carbocycles. The van der Waals surface area contributed by atoms with E-state index in [4.69, 9.17) is 10.5 Å². The average Bonchev–Trinajstić information content (AvgIpc) is 2.67. The van der Waals surface area contributed by atoms with Gasteiger partial charge in [-0.1, -0.05) is 0 Å². The third kappa shape index (κ3) is 3.67. The summed E-state index contributed by atoms with van der Waals surface area (Å²) in [6.45, 7) is 2.74. The molecule has 84 valence electrons. The molecule has 0 bridgehead atoms. The Morgan fingerprint density at radius 1 is 1.53 bits per heavy atom. The van der Waals surface area contributed by atoms with Crippen LogP contribution in [0, 0.1) is 0 Å². The molecule has 15 heavy (non-hydrogen) atoms. The van der Waals surface area contributed by atoms with Crippen molar-refractivity contribution in [2.45, 2.75) is 26.2 Å². The van der Waals surface area contributed by atoms with E-state index in [1.165, 1.54) is 0 Å². The topological polar surface area (TPSA) is 93.9 Å². The van der Waals surface area contributed by atoms with Crippen LogP contribution in [0.25, 0.3) is 0 Å². The van der Waals surface area contributed by atoms with Crippen LogP contribution in [0.3, 0.4) is 0 Å². The lowest BCUT2D eigenvalue weighted by Crippen LogP contribution is -2.06. The zero-order chi connectivity index (χ0) is 11.1. The van der Waals surface area contributed by atoms with Crippen molar-refractivity contribution in [1.82, 2.24) is 15.2 Å². The van der Waals surface area contributed by atoms with E-state index in [1.54, 1.807) is 6.92 Å². The quantitative estimate of drug-likeness (QED) is 0.521. The second-order valence-corrected chi connectivity index (χ2v) is 3.07. The molecular weight excluding hydrogens is 196 g/mol. The Kier molecular flexibility index (Phi) is 4.76. The summed E-state index contributed by atoms with van der Waals surface area (Å²) in [5.41, 5.74) is 5.37. The van der Waals surface area contributed by atoms with Crippen LogP contribution in [-0.4, -0.2) is 34.3 Å². The van der Waals surface area contributed by atoms with Crippen LogP contribution in [0.15, 0.2) is 0 Å². The molecule has 6 heteroatoms. The first kappa shape index (κ1) is 11.6. The zero-order valence-corrected chi connectivity index (χ0v) is 8.82. The summed E-state index contributed by atoms with van der Waals surface area (Å²) in [6.07, 6.45) is 2.63. The molecule has 1 aromatic rings. The van der Waals surface area contributed by atoms with Gasteiger partial charge < -0.3 is 10.5 Å². The number of aryl methyl sites for hydroxylation is 1. The Morgan fingerprint density at radius 3 is 3.00 bits per heavy atom. The highest BCUT2D eigenvalue weighted by Gasteiger charge is 2.12. The number of H-pyrrole nitrogens is 1. The Bertz CT molecular complexity index is 311. The fraction of sp³-hybridized carbons (Fsp3) is 0.667. The highest BCUT2D eigenvalue weighted by Crippen LogP contribution is 2.00. The van der Waals surface area contributed by atoms with Gasteiger partial charge in [-0.25, -0.2) is 9.78 Å². The van der Waals surface area contributed by atoms with Crippen LogP contribution in [0.5, 0.6) is 0 Å². The molecule has 3 N–H and O–H groups in total. The second kappa shape index (κ2) is 6.13. The minimum atomic E-state index is -0.487. The van der Waals surface area contributed by atoms with E-state index < -0.39 is 5.97 Å². The molecule has 0 aliphatic rings. The van der Waals surface area contributed by atoms with Crippen LogP contribution in [-0.2, 0) is 11.2 Å². The summed E-state index contributed by atoms with van der Waals surface area (Å²) < 4.78 is 4.76. The Balaban J connectivity index is 2.45. The van der Waals surface area contributed by atoms with Crippen LogP contribution in [0.4, 0.5) is 0 Å². The molecule has 0 spiro atoms. The number of hydrogen-bond donors (Lipinski definition) is 2. The first-order chi connectivity index (χ1) is 7.27. The number of carbonyl (C=O) groups excluding carboxylic acids is 1. The maximum Gasteiger partial charge on any atom is 0.378 e. The van der Waals surface area contributed by atoms with Crippen molar-refractivity contribution in [3.63, 3.8) is 0 Å². The molecule has 0 saturated carbocycles. The van der Waals surface area contributed by atoms with Gasteiger partial charge in [0.2, 0.25) is 0 Å². The minimum absolute atomic E-state index is 0.0969. The van der Waals surface area contributed by atoms with Crippen LogP contribution in [0.1, 0.15) is 36.2 Å². The average molecular weight is 212 g/mol. The summed E-state index contributed by atoms with van der Waals surface area (Å²) in [5, 5.41) is 6.47. The standard InChI is InChI=1S/C9H16N4O2/c1-2-15-9(14)8-11-7(12-13-8)5-3-4-6-10/h2-6,10H2,1H3,(H,11,12,13). The predicted molar refractivity (Wildman–Crippen MR) is 54.3 cm³/mol. The molecule has 1 aromatic heterocycles. The largest absolute Gasteiger partial charge is 0.460 e. The first-order valence-corrected chi connectivity index (χ1v) is 5.06. The molecule has 0 unspecified atom stereocenters. The Morgan fingerprint density at radius 2 is 2.33 bits per heavy atom. The van der Waals surface area contributed by atoms with Gasteiger partial charge >= 0.3 is 5.97 Å². The van der Waals surface area contributed by atoms with E-state index in [0.29, 0.717) is 19.0 Å². The molecule has 0 aliphatic carbocycles. The van der Waals surface area contributed by atoms with Crippen molar-refractivity contribution in [1.29, 1.82) is 0 Å². The van der Waals surface area contributed by atoms with Crippen LogP contribution in [0.2, 0.25) is 0 Å². The number of rotatable bonds is 6. The molecule has 1 heterocycles. The first-order valence-electron chi connectivity index (χ1n) is 5.06. The van der Waals surface area contributed by atoms with Crippen molar-refractivity contribution in [2.75, 3.05) is 13.2 Å². The van der Waals surface area contributed by atoms with Gasteiger partial charge in [0.25, 0.3) is 5.82 Å². The Hall–Kier alpha value is -1.43. The number of nitrogens with zero attached hydrogens (tertiary/aromatic N) is 2. The van der Waals surface area contributed by atoms with E-state index in [1.807, 2.05) is 0 Å². The number of carbonyl (C=O) groups is 1. The normalized spacial score (nSPS) is 10.3. The molecule has 0 aliphatic heterocycles. The summed E-state index contributed by atoms with van der Waals surface area (Å²) in [4.78, 5) is 15.2. The van der Waals surface area contributed by atoms with Gasteiger partial charge in [0.1, 0.15) is 5.82 Å². The zero-order valence-electron chi connectivity index (χ0n) is 8.82. The van der Waals surface area contributed by atoms with Crippen molar-refractivity contribution in [3.8, 4) is 0 Å². The third-order valence-corrected chi connectivity index (χ3v) is 1.86. The van der Waals surface area contributed by atoms with E-state index >= 15 is 0 Å². The molecule has 0 fully saturated rings. The number of nitrogens with one attached hydrogen (secondary N) is 1. The van der Waals surface area contributed by atoms with Crippen molar-refractivity contribution in [2.24, 2.45) is 5.73 Å². The third-order valence-electron chi connectivity index (χ3n) is 1.86. The lowest BCUT2D eigenvalue weighted by molar-refractivity contribution is 0.0512. The summed E-state index contributed by atoms with van der Waals surface area (Å²) in [5.74, 6) is 0.310. The molecule has 1 rings (SSSR count). The number of aromatic nitrogens is 3. The number of esters is 1. The summed E-state index contributed by atoms with van der Waals surface area (Å²) >= 11 is 0. The van der Waals surface area contributed by atoms with Gasteiger partial charge in [-0.2, -0.15) is 0 Å². The minimum Gasteiger partial charge on any atom is -0.460 e. The van der Waals surface area contributed by atoms with E-state index in [2.05, 4.69) is 15.2 Å². The number of ether oxygens (including phenoxy) is 1. The number of unbranched alkanes of at least 4 members (excludes halogenated alkanes) is 1. The van der Waals surface area contributed by atoms with E-state index in [9.17, 15) is 4.79 Å². The van der Waals surface area contributed by atoms with Gasteiger partial charge in [0, 0.05) is 6.42 Å². The lowest BCUT2D eigenvalue weighted by Gasteiger charge is -1.95. The van der Waals surface area contributed by atoms with Crippen LogP contribution >= 0.6 is 0 Å². The van der Waals surface area contributed by atoms with Gasteiger partial charge in [0.15, 0.2) is 0 Å². The van der Waals surface area contributed by atoms with E-state index in [0.717, 1.165) is 19.3 Å². The fourth-order valence-electron chi connectivity index (χ4n) is 1.13. The summed E-state index contributed by atoms with van der Waals surface area (Å²) in [6, 6.07) is 0.